The molecule has 19 heavy (non-hydrogen) atoms. The molecule has 0 aliphatic carbocycles. The second-order valence-corrected chi connectivity index (χ2v) is 5.13. The topological polar surface area (TPSA) is 90.0 Å². The highest BCUT2D eigenvalue weighted by atomic mass is 16.4. The van der Waals surface area contributed by atoms with Crippen LogP contribution in [0.3, 0.4) is 0 Å². The molecular formula is C12H19N3O4. The van der Waals surface area contributed by atoms with Gasteiger partial charge in [-0.15, -0.1) is 0 Å². The molecular weight excluding hydrogens is 250 g/mol. The second-order valence-electron chi connectivity index (χ2n) is 5.13. The highest BCUT2D eigenvalue weighted by Crippen LogP contribution is 2.22. The number of hydrogen-bond acceptors (Lipinski definition) is 4. The molecule has 2 heterocycles. The number of carbonyl (C=O) groups excluding carboxylic acids is 2. The molecule has 0 bridgehead atoms. The third-order valence-electron chi connectivity index (χ3n) is 3.69. The van der Waals surface area contributed by atoms with Gasteiger partial charge in [0.15, 0.2) is 0 Å². The SMILES string of the molecule is CC(=O)NC(CN1CCN2C(=O)CCC2C1)C(=O)O. The molecule has 2 atom stereocenters. The summed E-state index contributed by atoms with van der Waals surface area (Å²) in [6, 6.07) is -0.686. The Balaban J connectivity index is 1.90. The fourth-order valence-electron chi connectivity index (χ4n) is 2.78. The van der Waals surface area contributed by atoms with Crippen LogP contribution >= 0.6 is 0 Å². The summed E-state index contributed by atoms with van der Waals surface area (Å²) in [7, 11) is 0. The van der Waals surface area contributed by atoms with Crippen LogP contribution in [0.25, 0.3) is 0 Å². The van der Waals surface area contributed by atoms with Crippen molar-refractivity contribution in [1.29, 1.82) is 0 Å². The van der Waals surface area contributed by atoms with Crippen LogP contribution in [-0.4, -0.2) is 71.0 Å². The number of piperazine rings is 1. The van der Waals surface area contributed by atoms with Crippen LogP contribution in [0.2, 0.25) is 0 Å². The van der Waals surface area contributed by atoms with Gasteiger partial charge in [-0.05, 0) is 6.42 Å². The molecule has 7 nitrogen and oxygen atoms in total. The van der Waals surface area contributed by atoms with Crippen molar-refractivity contribution in [3.05, 3.63) is 0 Å². The first kappa shape index (κ1) is 13.8. The van der Waals surface area contributed by atoms with E-state index in [1.54, 1.807) is 0 Å². The zero-order chi connectivity index (χ0) is 14.0. The highest BCUT2D eigenvalue weighted by molar-refractivity contribution is 5.82. The molecule has 2 amide bonds. The summed E-state index contributed by atoms with van der Waals surface area (Å²) in [6.07, 6.45) is 1.43. The van der Waals surface area contributed by atoms with Gasteiger partial charge in [-0.1, -0.05) is 0 Å². The van der Waals surface area contributed by atoms with E-state index in [2.05, 4.69) is 5.32 Å². The zero-order valence-electron chi connectivity index (χ0n) is 11.0. The van der Waals surface area contributed by atoms with Gasteiger partial charge in [-0.3, -0.25) is 14.5 Å². The van der Waals surface area contributed by atoms with E-state index >= 15 is 0 Å². The smallest absolute Gasteiger partial charge is 0.327 e. The average Bonchev–Trinajstić information content (AvgIpc) is 2.69. The van der Waals surface area contributed by atoms with Crippen molar-refractivity contribution in [2.24, 2.45) is 0 Å². The second kappa shape index (κ2) is 5.56. The molecule has 2 aliphatic heterocycles. The van der Waals surface area contributed by atoms with Crippen molar-refractivity contribution >= 4 is 17.8 Å². The summed E-state index contributed by atoms with van der Waals surface area (Å²) in [5, 5.41) is 11.5. The van der Waals surface area contributed by atoms with Crippen LogP contribution in [-0.2, 0) is 14.4 Å². The molecule has 2 aliphatic rings. The molecule has 2 rings (SSSR count). The van der Waals surface area contributed by atoms with Crippen molar-refractivity contribution in [3.63, 3.8) is 0 Å². The standard InChI is InChI=1S/C12H19N3O4/c1-8(16)13-10(12(18)19)7-14-4-5-15-9(6-14)2-3-11(15)17/h9-10H,2-7H2,1H3,(H,13,16)(H,18,19). The van der Waals surface area contributed by atoms with Crippen molar-refractivity contribution < 1.29 is 19.5 Å². The van der Waals surface area contributed by atoms with Gasteiger partial charge >= 0.3 is 5.97 Å². The first-order valence-electron chi connectivity index (χ1n) is 6.49. The maximum atomic E-state index is 11.5. The first-order chi connectivity index (χ1) is 8.97. The molecule has 2 N–H and O–H groups in total. The minimum Gasteiger partial charge on any atom is -0.480 e. The van der Waals surface area contributed by atoms with E-state index in [0.717, 1.165) is 6.42 Å². The van der Waals surface area contributed by atoms with Gasteiger partial charge in [0.1, 0.15) is 6.04 Å². The summed E-state index contributed by atoms with van der Waals surface area (Å²) >= 11 is 0. The first-order valence-corrected chi connectivity index (χ1v) is 6.49. The number of carbonyl (C=O) groups is 3. The Labute approximate surface area is 111 Å². The number of aliphatic carboxylic acids is 1. The van der Waals surface area contributed by atoms with E-state index in [9.17, 15) is 14.4 Å². The number of nitrogens with one attached hydrogen (secondary N) is 1. The largest absolute Gasteiger partial charge is 0.480 e. The number of rotatable bonds is 4. The van der Waals surface area contributed by atoms with Crippen LogP contribution in [0.1, 0.15) is 19.8 Å². The monoisotopic (exact) mass is 269 g/mol. The fourth-order valence-corrected chi connectivity index (χ4v) is 2.78. The number of carboxylic acid groups (broad SMARTS) is 1. The fraction of sp³-hybridized carbons (Fsp3) is 0.750. The van der Waals surface area contributed by atoms with Crippen molar-refractivity contribution in [1.82, 2.24) is 15.1 Å². The Hall–Kier alpha value is -1.63. The predicted octanol–water partition coefficient (Wildman–Crippen LogP) is -1.12. The lowest BCUT2D eigenvalue weighted by Crippen LogP contribution is -2.56. The molecule has 0 aromatic carbocycles. The predicted molar refractivity (Wildman–Crippen MR) is 66.4 cm³/mol. The van der Waals surface area contributed by atoms with Gasteiger partial charge in [0.2, 0.25) is 11.8 Å². The Morgan fingerprint density at radius 3 is 2.84 bits per heavy atom. The Morgan fingerprint density at radius 1 is 1.47 bits per heavy atom. The molecule has 2 saturated heterocycles. The number of fused-ring (bicyclic) bond motifs is 1. The molecule has 2 fully saturated rings. The lowest BCUT2D eigenvalue weighted by Gasteiger charge is -2.38. The van der Waals surface area contributed by atoms with Gasteiger partial charge in [0.05, 0.1) is 0 Å². The van der Waals surface area contributed by atoms with Gasteiger partial charge in [-0.25, -0.2) is 4.79 Å². The van der Waals surface area contributed by atoms with E-state index in [0.29, 0.717) is 26.1 Å². The van der Waals surface area contributed by atoms with Gasteiger partial charge < -0.3 is 15.3 Å². The third-order valence-corrected chi connectivity index (χ3v) is 3.69. The maximum Gasteiger partial charge on any atom is 0.327 e. The average molecular weight is 269 g/mol. The van der Waals surface area contributed by atoms with Crippen LogP contribution in [0.15, 0.2) is 0 Å². The lowest BCUT2D eigenvalue weighted by molar-refractivity contribution is -0.142. The molecule has 0 radical (unpaired) electrons. The van der Waals surface area contributed by atoms with E-state index in [-0.39, 0.29) is 24.4 Å². The summed E-state index contributed by atoms with van der Waals surface area (Å²) in [6.45, 7) is 3.59. The number of carboxylic acids is 1. The molecule has 0 spiro atoms. The van der Waals surface area contributed by atoms with E-state index < -0.39 is 12.0 Å². The van der Waals surface area contributed by atoms with Gasteiger partial charge in [-0.2, -0.15) is 0 Å². The third kappa shape index (κ3) is 3.23. The van der Waals surface area contributed by atoms with Crippen molar-refractivity contribution in [2.45, 2.75) is 31.8 Å². The van der Waals surface area contributed by atoms with Gasteiger partial charge in [0, 0.05) is 45.6 Å². The highest BCUT2D eigenvalue weighted by Gasteiger charge is 2.36. The van der Waals surface area contributed by atoms with E-state index in [1.807, 2.05) is 9.80 Å². The normalized spacial score (nSPS) is 25.0. The number of nitrogens with zero attached hydrogens (tertiary/aromatic N) is 2. The van der Waals surface area contributed by atoms with Crippen LogP contribution in [0.4, 0.5) is 0 Å². The lowest BCUT2D eigenvalue weighted by atomic mass is 10.1. The molecule has 106 valence electrons. The van der Waals surface area contributed by atoms with E-state index in [4.69, 9.17) is 5.11 Å². The Kier molecular flexibility index (Phi) is 4.04. The Bertz CT molecular complexity index is 398. The minimum atomic E-state index is -1.03. The number of hydrogen-bond donors (Lipinski definition) is 2. The molecule has 7 heteroatoms. The molecule has 2 unspecified atom stereocenters. The van der Waals surface area contributed by atoms with E-state index in [1.165, 1.54) is 6.92 Å². The van der Waals surface area contributed by atoms with Crippen molar-refractivity contribution in [2.75, 3.05) is 26.2 Å². The summed E-state index contributed by atoms with van der Waals surface area (Å²) in [4.78, 5) is 37.5. The van der Waals surface area contributed by atoms with Crippen LogP contribution in [0, 0.1) is 0 Å². The molecule has 0 aromatic rings. The molecule has 0 saturated carbocycles. The summed E-state index contributed by atoms with van der Waals surface area (Å²) < 4.78 is 0. The number of amides is 2. The van der Waals surface area contributed by atoms with Crippen molar-refractivity contribution in [3.8, 4) is 0 Å². The summed E-state index contributed by atoms with van der Waals surface area (Å²) in [5.74, 6) is -1.18. The zero-order valence-corrected chi connectivity index (χ0v) is 11.0. The summed E-state index contributed by atoms with van der Waals surface area (Å²) in [5.41, 5.74) is 0. The van der Waals surface area contributed by atoms with Crippen LogP contribution < -0.4 is 5.32 Å². The maximum absolute atomic E-state index is 11.5. The van der Waals surface area contributed by atoms with Gasteiger partial charge in [0.25, 0.3) is 0 Å². The van der Waals surface area contributed by atoms with Crippen LogP contribution in [0.5, 0.6) is 0 Å². The Morgan fingerprint density at radius 2 is 2.21 bits per heavy atom. The quantitative estimate of drug-likeness (QED) is 0.675. The molecule has 0 aromatic heterocycles. The minimum absolute atomic E-state index is 0.196.